The van der Waals surface area contributed by atoms with Crippen molar-refractivity contribution in [3.63, 3.8) is 0 Å². The highest BCUT2D eigenvalue weighted by atomic mass is 79.9. The molecule has 1 aromatic heterocycles. The van der Waals surface area contributed by atoms with Gasteiger partial charge in [0.2, 0.25) is 5.69 Å². The van der Waals surface area contributed by atoms with Gasteiger partial charge in [-0.25, -0.2) is 0 Å². The molecule has 0 N–H and O–H groups in total. The average molecular weight is 346 g/mol. The van der Waals surface area contributed by atoms with Crippen LogP contribution >= 0.6 is 15.9 Å². The lowest BCUT2D eigenvalue weighted by molar-refractivity contribution is 0.726. The first-order chi connectivity index (χ1) is 10.3. The fraction of sp³-hybridized carbons (Fsp3) is 0.400. The van der Waals surface area contributed by atoms with Crippen LogP contribution in [0.25, 0.3) is 5.69 Å². The summed E-state index contributed by atoms with van der Waals surface area (Å²) in [7, 11) is 0. The van der Waals surface area contributed by atoms with Crippen LogP contribution in [-0.2, 0) is 0 Å². The van der Waals surface area contributed by atoms with Gasteiger partial charge in [-0.05, 0) is 37.1 Å². The average Bonchev–Trinajstić information content (AvgIpc) is 2.75. The third-order valence-electron chi connectivity index (χ3n) is 3.67. The highest BCUT2D eigenvalue weighted by molar-refractivity contribution is 9.10. The number of anilines is 1. The summed E-state index contributed by atoms with van der Waals surface area (Å²) in [5.41, 5.74) is 1.26. The van der Waals surface area contributed by atoms with Gasteiger partial charge in [-0.2, -0.15) is 5.26 Å². The van der Waals surface area contributed by atoms with E-state index in [1.165, 1.54) is 12.8 Å². The number of hydrogen-bond acceptors (Lipinski definition) is 4. The van der Waals surface area contributed by atoms with Gasteiger partial charge in [0.1, 0.15) is 6.07 Å². The molecule has 1 aliphatic heterocycles. The summed E-state index contributed by atoms with van der Waals surface area (Å²) in [6.45, 7) is 1.90. The van der Waals surface area contributed by atoms with Crippen LogP contribution in [0.4, 0.5) is 5.82 Å². The molecular weight excluding hydrogens is 330 g/mol. The lowest BCUT2D eigenvalue weighted by Crippen LogP contribution is -2.25. The van der Waals surface area contributed by atoms with Crippen molar-refractivity contribution >= 4 is 21.7 Å². The Labute approximate surface area is 132 Å². The first kappa shape index (κ1) is 14.1. The van der Waals surface area contributed by atoms with Crippen LogP contribution in [0.1, 0.15) is 31.4 Å². The minimum Gasteiger partial charge on any atom is -0.353 e. The molecule has 0 atom stereocenters. The SMILES string of the molecule is N#Cc1nn(-c2ccc(Br)cc2)nc1N1CCCCCC1. The van der Waals surface area contributed by atoms with Gasteiger partial charge in [-0.3, -0.25) is 0 Å². The first-order valence-electron chi connectivity index (χ1n) is 7.16. The topological polar surface area (TPSA) is 57.7 Å². The summed E-state index contributed by atoms with van der Waals surface area (Å²) >= 11 is 3.41. The number of nitriles is 1. The molecule has 1 aromatic carbocycles. The van der Waals surface area contributed by atoms with Crippen molar-refractivity contribution in [2.75, 3.05) is 18.0 Å². The fourth-order valence-corrected chi connectivity index (χ4v) is 2.82. The molecule has 6 heteroatoms. The van der Waals surface area contributed by atoms with Gasteiger partial charge in [0.15, 0.2) is 5.82 Å². The van der Waals surface area contributed by atoms with E-state index in [4.69, 9.17) is 0 Å². The molecule has 21 heavy (non-hydrogen) atoms. The lowest BCUT2D eigenvalue weighted by atomic mass is 10.2. The molecule has 0 aliphatic carbocycles. The minimum atomic E-state index is 0.403. The molecule has 0 radical (unpaired) electrons. The third-order valence-corrected chi connectivity index (χ3v) is 4.19. The summed E-state index contributed by atoms with van der Waals surface area (Å²) in [5, 5.41) is 18.2. The van der Waals surface area contributed by atoms with E-state index in [9.17, 15) is 5.26 Å². The van der Waals surface area contributed by atoms with Gasteiger partial charge in [0, 0.05) is 17.6 Å². The largest absolute Gasteiger partial charge is 0.353 e. The Morgan fingerprint density at radius 1 is 1.00 bits per heavy atom. The number of nitrogens with zero attached hydrogens (tertiary/aromatic N) is 5. The quantitative estimate of drug-likeness (QED) is 0.837. The second-order valence-corrected chi connectivity index (χ2v) is 6.07. The molecule has 5 nitrogen and oxygen atoms in total. The van der Waals surface area contributed by atoms with Crippen LogP contribution in [0.2, 0.25) is 0 Å². The zero-order chi connectivity index (χ0) is 14.7. The van der Waals surface area contributed by atoms with Crippen molar-refractivity contribution in [1.29, 1.82) is 5.26 Å². The highest BCUT2D eigenvalue weighted by Gasteiger charge is 2.19. The second kappa shape index (κ2) is 6.27. The Kier molecular flexibility index (Phi) is 4.20. The number of aromatic nitrogens is 3. The van der Waals surface area contributed by atoms with Crippen LogP contribution in [0.5, 0.6) is 0 Å². The second-order valence-electron chi connectivity index (χ2n) is 5.15. The predicted octanol–water partition coefficient (Wildman–Crippen LogP) is 3.28. The van der Waals surface area contributed by atoms with Crippen LogP contribution in [0, 0.1) is 11.3 Å². The molecule has 0 unspecified atom stereocenters. The van der Waals surface area contributed by atoms with Gasteiger partial charge in [0.25, 0.3) is 0 Å². The summed E-state index contributed by atoms with van der Waals surface area (Å²) < 4.78 is 1.01. The van der Waals surface area contributed by atoms with E-state index in [0.717, 1.165) is 36.1 Å². The zero-order valence-electron chi connectivity index (χ0n) is 11.7. The molecule has 1 fully saturated rings. The van der Waals surface area contributed by atoms with E-state index in [1.54, 1.807) is 4.80 Å². The fourth-order valence-electron chi connectivity index (χ4n) is 2.56. The Morgan fingerprint density at radius 2 is 1.67 bits per heavy atom. The van der Waals surface area contributed by atoms with E-state index in [0.29, 0.717) is 11.5 Å². The number of halogens is 1. The summed E-state index contributed by atoms with van der Waals surface area (Å²) in [6.07, 6.45) is 4.80. The van der Waals surface area contributed by atoms with Crippen LogP contribution in [0.15, 0.2) is 28.7 Å². The van der Waals surface area contributed by atoms with E-state index < -0.39 is 0 Å². The molecule has 108 valence electrons. The maximum absolute atomic E-state index is 9.32. The predicted molar refractivity (Wildman–Crippen MR) is 84.5 cm³/mol. The summed E-state index contributed by atoms with van der Waals surface area (Å²) in [5.74, 6) is 0.710. The van der Waals surface area contributed by atoms with Gasteiger partial charge in [0.05, 0.1) is 5.69 Å². The van der Waals surface area contributed by atoms with E-state index in [1.807, 2.05) is 24.3 Å². The molecule has 0 amide bonds. The van der Waals surface area contributed by atoms with Crippen molar-refractivity contribution < 1.29 is 0 Å². The molecule has 2 heterocycles. The molecular formula is C15H16BrN5. The highest BCUT2D eigenvalue weighted by Crippen LogP contribution is 2.21. The zero-order valence-corrected chi connectivity index (χ0v) is 13.3. The third kappa shape index (κ3) is 3.08. The maximum Gasteiger partial charge on any atom is 0.207 e. The van der Waals surface area contributed by atoms with Crippen molar-refractivity contribution in [3.05, 3.63) is 34.4 Å². The summed E-state index contributed by atoms with van der Waals surface area (Å²) in [4.78, 5) is 3.74. The van der Waals surface area contributed by atoms with Crippen molar-refractivity contribution in [2.45, 2.75) is 25.7 Å². The Bertz CT molecular complexity index is 648. The molecule has 0 saturated carbocycles. The molecule has 3 rings (SSSR count). The van der Waals surface area contributed by atoms with Gasteiger partial charge in [-0.15, -0.1) is 15.0 Å². The molecule has 2 aromatic rings. The number of rotatable bonds is 2. The van der Waals surface area contributed by atoms with Crippen LogP contribution in [0.3, 0.4) is 0 Å². The number of benzene rings is 1. The van der Waals surface area contributed by atoms with Crippen LogP contribution in [-0.4, -0.2) is 28.1 Å². The van der Waals surface area contributed by atoms with Gasteiger partial charge in [-0.1, -0.05) is 28.8 Å². The Hall–Kier alpha value is -1.87. The van der Waals surface area contributed by atoms with Crippen LogP contribution < -0.4 is 4.90 Å². The number of hydrogen-bond donors (Lipinski definition) is 0. The lowest BCUT2D eigenvalue weighted by Gasteiger charge is -2.18. The van der Waals surface area contributed by atoms with E-state index >= 15 is 0 Å². The van der Waals surface area contributed by atoms with E-state index in [-0.39, 0.29) is 0 Å². The Balaban J connectivity index is 1.94. The smallest absolute Gasteiger partial charge is 0.207 e. The molecule has 0 spiro atoms. The molecule has 1 saturated heterocycles. The normalized spacial score (nSPS) is 15.5. The maximum atomic E-state index is 9.32. The summed E-state index contributed by atoms with van der Waals surface area (Å²) in [6, 6.07) is 9.91. The van der Waals surface area contributed by atoms with Gasteiger partial charge >= 0.3 is 0 Å². The van der Waals surface area contributed by atoms with Crippen molar-refractivity contribution in [3.8, 4) is 11.8 Å². The molecule has 1 aliphatic rings. The van der Waals surface area contributed by atoms with Crippen molar-refractivity contribution in [1.82, 2.24) is 15.0 Å². The molecule has 0 bridgehead atoms. The Morgan fingerprint density at radius 3 is 2.29 bits per heavy atom. The standard InChI is InChI=1S/C15H16BrN5/c16-12-5-7-13(8-6-12)21-18-14(11-17)15(19-21)20-9-3-1-2-4-10-20/h5-8H,1-4,9-10H2. The van der Waals surface area contributed by atoms with Gasteiger partial charge < -0.3 is 4.90 Å². The first-order valence-corrected chi connectivity index (χ1v) is 7.95. The van der Waals surface area contributed by atoms with Crippen molar-refractivity contribution in [2.24, 2.45) is 0 Å². The van der Waals surface area contributed by atoms with E-state index in [2.05, 4.69) is 37.1 Å². The minimum absolute atomic E-state index is 0.403. The monoisotopic (exact) mass is 345 g/mol.